The smallest absolute Gasteiger partial charge is 0.221 e. The highest BCUT2D eigenvalue weighted by Crippen LogP contribution is 2.30. The molecule has 0 atom stereocenters. The summed E-state index contributed by atoms with van der Waals surface area (Å²) >= 11 is 6.27. The molecule has 9 heteroatoms. The van der Waals surface area contributed by atoms with Crippen LogP contribution in [0, 0.1) is 11.7 Å². The fraction of sp³-hybridized carbons (Fsp3) is 0.444. The van der Waals surface area contributed by atoms with Crippen molar-refractivity contribution in [3.63, 3.8) is 0 Å². The number of hydrogen-bond acceptors (Lipinski definition) is 6. The molecule has 4 rings (SSSR count). The molecule has 0 aliphatic carbocycles. The molecule has 36 heavy (non-hydrogen) atoms. The number of amides is 1. The van der Waals surface area contributed by atoms with Crippen molar-refractivity contribution >= 4 is 34.2 Å². The first-order valence-electron chi connectivity index (χ1n) is 12.4. The van der Waals surface area contributed by atoms with Crippen LogP contribution < -0.4 is 10.2 Å². The number of hydrogen-bond donors (Lipinski definition) is 1. The third-order valence-electron chi connectivity index (χ3n) is 6.09. The zero-order chi connectivity index (χ0) is 25.5. The van der Waals surface area contributed by atoms with E-state index in [0.29, 0.717) is 47.4 Å². The number of fused-ring (bicyclic) bond motifs is 1. The number of morpholine rings is 1. The van der Waals surface area contributed by atoms with Crippen LogP contribution in [0.25, 0.3) is 22.3 Å². The van der Waals surface area contributed by atoms with Gasteiger partial charge in [-0.15, -0.1) is 0 Å². The topological polar surface area (TPSA) is 70.6 Å². The average molecular weight is 514 g/mol. The molecule has 1 aliphatic rings. The number of carbonyl (C=O) groups is 1. The predicted molar refractivity (Wildman–Crippen MR) is 142 cm³/mol. The van der Waals surface area contributed by atoms with E-state index in [1.165, 1.54) is 12.1 Å². The quantitative estimate of drug-likeness (QED) is 0.433. The second-order valence-corrected chi connectivity index (χ2v) is 9.87. The fourth-order valence-electron chi connectivity index (χ4n) is 4.28. The number of rotatable bonds is 10. The van der Waals surface area contributed by atoms with E-state index in [0.717, 1.165) is 50.6 Å². The Kier molecular flexibility index (Phi) is 9.07. The van der Waals surface area contributed by atoms with Crippen molar-refractivity contribution < 1.29 is 13.9 Å². The van der Waals surface area contributed by atoms with E-state index < -0.39 is 0 Å². The molecule has 1 aliphatic heterocycles. The van der Waals surface area contributed by atoms with E-state index in [9.17, 15) is 9.18 Å². The van der Waals surface area contributed by atoms with Crippen LogP contribution in [0.4, 0.5) is 10.2 Å². The summed E-state index contributed by atoms with van der Waals surface area (Å²) in [6.45, 7) is 10.2. The molecule has 2 aromatic carbocycles. The fourth-order valence-corrected chi connectivity index (χ4v) is 4.45. The van der Waals surface area contributed by atoms with E-state index in [4.69, 9.17) is 26.3 Å². The van der Waals surface area contributed by atoms with Crippen molar-refractivity contribution in [3.8, 4) is 11.4 Å². The van der Waals surface area contributed by atoms with Crippen LogP contribution in [0.15, 0.2) is 42.5 Å². The molecule has 1 aromatic heterocycles. The Labute approximate surface area is 216 Å². The summed E-state index contributed by atoms with van der Waals surface area (Å²) in [5, 5.41) is 4.48. The highest BCUT2D eigenvalue weighted by molar-refractivity contribution is 6.31. The number of nitrogens with zero attached hydrogens (tertiary/aromatic N) is 4. The molecule has 0 spiro atoms. The number of ether oxygens (including phenoxy) is 1. The Morgan fingerprint density at radius 1 is 1.17 bits per heavy atom. The summed E-state index contributed by atoms with van der Waals surface area (Å²) < 4.78 is 18.9. The minimum atomic E-state index is -0.316. The van der Waals surface area contributed by atoms with Crippen LogP contribution in [-0.4, -0.2) is 73.3 Å². The van der Waals surface area contributed by atoms with Gasteiger partial charge in [0.05, 0.1) is 18.7 Å². The molecule has 0 saturated carbocycles. The molecule has 1 saturated heterocycles. The lowest BCUT2D eigenvalue weighted by Gasteiger charge is -2.28. The van der Waals surface area contributed by atoms with Gasteiger partial charge in [-0.25, -0.2) is 14.4 Å². The first-order chi connectivity index (χ1) is 17.4. The first-order valence-corrected chi connectivity index (χ1v) is 12.8. The molecule has 2 heterocycles. The van der Waals surface area contributed by atoms with Crippen molar-refractivity contribution in [2.45, 2.75) is 20.3 Å². The van der Waals surface area contributed by atoms with Crippen molar-refractivity contribution in [3.05, 3.63) is 53.3 Å². The predicted octanol–water partition coefficient (Wildman–Crippen LogP) is 4.39. The van der Waals surface area contributed by atoms with Crippen LogP contribution in [0.2, 0.25) is 5.02 Å². The standard InChI is InChI=1S/C27H33ClFN5O2/c1-19(2)18-34(11-9-25(35)30-10-12-33-13-15-36-16-14-33)27-23-8-5-21(28)17-24(23)31-26(32-27)20-3-6-22(29)7-4-20/h3-8,17,19H,9-16,18H2,1-2H3,(H,30,35). The van der Waals surface area contributed by atoms with Gasteiger partial charge < -0.3 is 15.0 Å². The van der Waals surface area contributed by atoms with Gasteiger partial charge in [-0.1, -0.05) is 25.4 Å². The van der Waals surface area contributed by atoms with Crippen LogP contribution in [0.5, 0.6) is 0 Å². The highest BCUT2D eigenvalue weighted by Gasteiger charge is 2.19. The third-order valence-corrected chi connectivity index (χ3v) is 6.32. The number of carbonyl (C=O) groups excluding carboxylic acids is 1. The van der Waals surface area contributed by atoms with Gasteiger partial charge in [0.1, 0.15) is 11.6 Å². The number of halogens is 2. The molecule has 1 fully saturated rings. The van der Waals surface area contributed by atoms with Crippen LogP contribution in [0.3, 0.4) is 0 Å². The summed E-state index contributed by atoms with van der Waals surface area (Å²) in [5.41, 5.74) is 1.42. The van der Waals surface area contributed by atoms with Crippen LogP contribution in [0.1, 0.15) is 20.3 Å². The second-order valence-electron chi connectivity index (χ2n) is 9.43. The van der Waals surface area contributed by atoms with Crippen molar-refractivity contribution in [2.75, 3.05) is 57.4 Å². The molecule has 1 N–H and O–H groups in total. The minimum absolute atomic E-state index is 0.0113. The number of anilines is 1. The number of nitrogens with one attached hydrogen (secondary N) is 1. The molecule has 3 aromatic rings. The van der Waals surface area contributed by atoms with Gasteiger partial charge in [-0.2, -0.15) is 0 Å². The summed E-state index contributed by atoms with van der Waals surface area (Å²) in [4.78, 5) is 26.7. The van der Waals surface area contributed by atoms with E-state index >= 15 is 0 Å². The maximum absolute atomic E-state index is 13.5. The van der Waals surface area contributed by atoms with Crippen molar-refractivity contribution in [1.29, 1.82) is 0 Å². The zero-order valence-electron chi connectivity index (χ0n) is 20.8. The second kappa shape index (κ2) is 12.4. The number of benzene rings is 2. The molecular formula is C27H33ClFN5O2. The molecule has 192 valence electrons. The largest absolute Gasteiger partial charge is 0.379 e. The molecule has 0 bridgehead atoms. The molecule has 0 unspecified atom stereocenters. The van der Waals surface area contributed by atoms with Gasteiger partial charge in [0.15, 0.2) is 5.82 Å². The Morgan fingerprint density at radius 2 is 1.92 bits per heavy atom. The van der Waals surface area contributed by atoms with Crippen molar-refractivity contribution in [1.82, 2.24) is 20.2 Å². The van der Waals surface area contributed by atoms with Gasteiger partial charge in [-0.05, 0) is 48.4 Å². The number of aromatic nitrogens is 2. The molecule has 1 amide bonds. The Hall–Kier alpha value is -2.81. The van der Waals surface area contributed by atoms with Gasteiger partial charge in [0, 0.05) is 61.7 Å². The lowest BCUT2D eigenvalue weighted by Crippen LogP contribution is -2.42. The van der Waals surface area contributed by atoms with Gasteiger partial charge >= 0.3 is 0 Å². The summed E-state index contributed by atoms with van der Waals surface area (Å²) in [6.07, 6.45) is 0.348. The lowest BCUT2D eigenvalue weighted by molar-refractivity contribution is -0.121. The van der Waals surface area contributed by atoms with Gasteiger partial charge in [0.2, 0.25) is 5.91 Å². The molecule has 0 radical (unpaired) electrons. The molecular weight excluding hydrogens is 481 g/mol. The SMILES string of the molecule is CC(C)CN(CCC(=O)NCCN1CCOCC1)c1nc(-c2ccc(F)cc2)nc2cc(Cl)ccc12. The average Bonchev–Trinajstić information content (AvgIpc) is 2.86. The van der Waals surface area contributed by atoms with E-state index in [2.05, 4.69) is 29.0 Å². The maximum Gasteiger partial charge on any atom is 0.221 e. The van der Waals surface area contributed by atoms with Crippen LogP contribution in [-0.2, 0) is 9.53 Å². The zero-order valence-corrected chi connectivity index (χ0v) is 21.6. The monoisotopic (exact) mass is 513 g/mol. The minimum Gasteiger partial charge on any atom is -0.379 e. The van der Waals surface area contributed by atoms with Gasteiger partial charge in [0.25, 0.3) is 0 Å². The Bertz CT molecular complexity index is 1170. The summed E-state index contributed by atoms with van der Waals surface area (Å²) in [5.74, 6) is 1.27. The summed E-state index contributed by atoms with van der Waals surface area (Å²) in [6, 6.07) is 11.7. The maximum atomic E-state index is 13.5. The normalized spacial score (nSPS) is 14.4. The Balaban J connectivity index is 1.53. The van der Waals surface area contributed by atoms with Crippen LogP contribution >= 0.6 is 11.6 Å². The highest BCUT2D eigenvalue weighted by atomic mass is 35.5. The lowest BCUT2D eigenvalue weighted by atomic mass is 10.1. The van der Waals surface area contributed by atoms with E-state index in [1.54, 1.807) is 18.2 Å². The van der Waals surface area contributed by atoms with Crippen molar-refractivity contribution in [2.24, 2.45) is 5.92 Å². The van der Waals surface area contributed by atoms with Gasteiger partial charge in [-0.3, -0.25) is 9.69 Å². The third kappa shape index (κ3) is 7.12. The van der Waals surface area contributed by atoms with E-state index in [-0.39, 0.29) is 11.7 Å². The Morgan fingerprint density at radius 3 is 2.64 bits per heavy atom. The molecule has 7 nitrogen and oxygen atoms in total. The van der Waals surface area contributed by atoms with E-state index in [1.807, 2.05) is 12.1 Å². The summed E-state index contributed by atoms with van der Waals surface area (Å²) in [7, 11) is 0. The first kappa shape index (κ1) is 26.3.